The van der Waals surface area contributed by atoms with Gasteiger partial charge in [-0.2, -0.15) is 22.7 Å². The molecule has 1 atom stereocenters. The van der Waals surface area contributed by atoms with Gasteiger partial charge in [-0.15, -0.1) is 0 Å². The van der Waals surface area contributed by atoms with E-state index in [9.17, 15) is 14.7 Å². The highest BCUT2D eigenvalue weighted by Gasteiger charge is 2.24. The largest absolute Gasteiger partial charge is 0.384 e. The molecule has 112 valence electrons. The van der Waals surface area contributed by atoms with Crippen molar-refractivity contribution in [3.8, 4) is 0 Å². The number of carbonyl (C=O) groups is 2. The van der Waals surface area contributed by atoms with E-state index in [-0.39, 0.29) is 24.9 Å². The first-order valence-corrected chi connectivity index (χ1v) is 8.20. The number of nitrogens with one attached hydrogen (secondary N) is 2. The van der Waals surface area contributed by atoms with Crippen LogP contribution in [0, 0.1) is 0 Å². The molecule has 0 spiro atoms. The zero-order valence-electron chi connectivity index (χ0n) is 11.5. The van der Waals surface area contributed by atoms with Gasteiger partial charge in [0.1, 0.15) is 5.60 Å². The van der Waals surface area contributed by atoms with Crippen LogP contribution in [0.4, 0.5) is 0 Å². The molecular weight excluding hydrogens is 308 g/mol. The van der Waals surface area contributed by atoms with Crippen molar-refractivity contribution < 1.29 is 14.7 Å². The summed E-state index contributed by atoms with van der Waals surface area (Å²) in [5, 5.41) is 22.6. The normalized spacial score (nSPS) is 13.4. The maximum Gasteiger partial charge on any atom is 0.252 e. The molecule has 0 radical (unpaired) electrons. The minimum atomic E-state index is -1.12. The van der Waals surface area contributed by atoms with Crippen LogP contribution in [0.3, 0.4) is 0 Å². The lowest BCUT2D eigenvalue weighted by Gasteiger charge is -2.22. The Morgan fingerprint density at radius 2 is 1.90 bits per heavy atom. The van der Waals surface area contributed by atoms with Crippen LogP contribution in [-0.4, -0.2) is 30.0 Å². The molecule has 2 heterocycles. The molecule has 0 saturated heterocycles. The summed E-state index contributed by atoms with van der Waals surface area (Å²) < 4.78 is 0. The van der Waals surface area contributed by atoms with Gasteiger partial charge in [-0.05, 0) is 40.8 Å². The van der Waals surface area contributed by atoms with Crippen LogP contribution < -0.4 is 10.6 Å². The Kier molecular flexibility index (Phi) is 5.11. The molecule has 21 heavy (non-hydrogen) atoms. The highest BCUT2D eigenvalue weighted by molar-refractivity contribution is 7.08. The predicted octanol–water partition coefficient (Wildman–Crippen LogP) is 1.56. The summed E-state index contributed by atoms with van der Waals surface area (Å²) in [6, 6.07) is 3.51. The smallest absolute Gasteiger partial charge is 0.252 e. The van der Waals surface area contributed by atoms with Gasteiger partial charge in [0.25, 0.3) is 5.91 Å². The molecule has 2 rings (SSSR count). The van der Waals surface area contributed by atoms with Crippen molar-refractivity contribution in [3.05, 3.63) is 44.8 Å². The third-order valence-electron chi connectivity index (χ3n) is 2.97. The van der Waals surface area contributed by atoms with Crippen molar-refractivity contribution in [2.45, 2.75) is 12.5 Å². The Balaban J connectivity index is 1.76. The van der Waals surface area contributed by atoms with Crippen molar-refractivity contribution in [2.75, 3.05) is 13.1 Å². The van der Waals surface area contributed by atoms with Crippen LogP contribution in [0.2, 0.25) is 0 Å². The number of hydrogen-bond acceptors (Lipinski definition) is 5. The van der Waals surface area contributed by atoms with Crippen LogP contribution in [0.5, 0.6) is 0 Å². The monoisotopic (exact) mass is 324 g/mol. The fraction of sp³-hybridized carbons (Fsp3) is 0.286. The third-order valence-corrected chi connectivity index (χ3v) is 4.33. The van der Waals surface area contributed by atoms with Gasteiger partial charge in [0.15, 0.2) is 0 Å². The van der Waals surface area contributed by atoms with Gasteiger partial charge in [-0.1, -0.05) is 0 Å². The van der Waals surface area contributed by atoms with Gasteiger partial charge in [0.05, 0.1) is 13.1 Å². The van der Waals surface area contributed by atoms with E-state index >= 15 is 0 Å². The summed E-state index contributed by atoms with van der Waals surface area (Å²) in [6.45, 7) is 1.62. The molecule has 5 nitrogen and oxygen atoms in total. The molecule has 2 aromatic rings. The number of carbonyl (C=O) groups excluding carboxylic acids is 2. The van der Waals surface area contributed by atoms with Crippen molar-refractivity contribution in [1.82, 2.24) is 10.6 Å². The van der Waals surface area contributed by atoms with Gasteiger partial charge in [0.2, 0.25) is 5.91 Å². The van der Waals surface area contributed by atoms with E-state index in [1.807, 2.05) is 16.8 Å². The quantitative estimate of drug-likeness (QED) is 0.754. The van der Waals surface area contributed by atoms with E-state index in [1.165, 1.54) is 22.7 Å². The molecule has 0 fully saturated rings. The first-order chi connectivity index (χ1) is 9.99. The molecule has 0 saturated carbocycles. The fourth-order valence-corrected chi connectivity index (χ4v) is 3.08. The molecular formula is C14H16N2O3S2. The second kappa shape index (κ2) is 6.84. The van der Waals surface area contributed by atoms with Crippen LogP contribution in [0.15, 0.2) is 33.7 Å². The Morgan fingerprint density at radius 3 is 2.52 bits per heavy atom. The first kappa shape index (κ1) is 15.7. The van der Waals surface area contributed by atoms with Crippen molar-refractivity contribution in [2.24, 2.45) is 0 Å². The summed E-state index contributed by atoms with van der Waals surface area (Å²) in [5.41, 5.74) is 0.181. The van der Waals surface area contributed by atoms with Gasteiger partial charge >= 0.3 is 0 Å². The van der Waals surface area contributed by atoms with Crippen molar-refractivity contribution >= 4 is 34.5 Å². The molecule has 0 aliphatic rings. The maximum absolute atomic E-state index is 11.7. The van der Waals surface area contributed by atoms with E-state index in [0.29, 0.717) is 5.56 Å². The average Bonchev–Trinajstić information content (AvgIpc) is 3.14. The number of rotatable bonds is 6. The van der Waals surface area contributed by atoms with Crippen LogP contribution in [-0.2, 0) is 10.4 Å². The zero-order valence-corrected chi connectivity index (χ0v) is 13.1. The minimum Gasteiger partial charge on any atom is -0.384 e. The highest BCUT2D eigenvalue weighted by atomic mass is 32.1. The predicted molar refractivity (Wildman–Crippen MR) is 83.6 cm³/mol. The second-order valence-corrected chi connectivity index (χ2v) is 6.32. The fourth-order valence-electron chi connectivity index (χ4n) is 1.66. The molecule has 7 heteroatoms. The summed E-state index contributed by atoms with van der Waals surface area (Å²) in [5.74, 6) is -0.620. The summed E-state index contributed by atoms with van der Waals surface area (Å²) >= 11 is 2.91. The lowest BCUT2D eigenvalue weighted by atomic mass is 9.99. The van der Waals surface area contributed by atoms with Crippen LogP contribution in [0.25, 0.3) is 0 Å². The van der Waals surface area contributed by atoms with Crippen molar-refractivity contribution in [3.63, 3.8) is 0 Å². The SMILES string of the molecule is CC(O)(CNC(=O)CNC(=O)c1ccsc1)c1ccsc1. The first-order valence-electron chi connectivity index (χ1n) is 6.31. The lowest BCUT2D eigenvalue weighted by Crippen LogP contribution is -2.43. The lowest BCUT2D eigenvalue weighted by molar-refractivity contribution is -0.121. The van der Waals surface area contributed by atoms with Gasteiger partial charge in [0, 0.05) is 10.9 Å². The second-order valence-electron chi connectivity index (χ2n) is 4.76. The standard InChI is InChI=1S/C14H16N2O3S2/c1-14(19,11-3-5-21-8-11)9-16-12(17)6-15-13(18)10-2-4-20-7-10/h2-5,7-8,19H,6,9H2,1H3,(H,15,18)(H,16,17). The van der Waals surface area contributed by atoms with Gasteiger partial charge in [-0.3, -0.25) is 9.59 Å². The Labute approximate surface area is 130 Å². The highest BCUT2D eigenvalue weighted by Crippen LogP contribution is 2.21. The summed E-state index contributed by atoms with van der Waals surface area (Å²) in [6.07, 6.45) is 0. The molecule has 0 bridgehead atoms. The number of thiophene rings is 2. The van der Waals surface area contributed by atoms with Gasteiger partial charge in [-0.25, -0.2) is 0 Å². The van der Waals surface area contributed by atoms with E-state index in [0.717, 1.165) is 5.56 Å². The molecule has 3 N–H and O–H groups in total. The number of aliphatic hydroxyl groups is 1. The van der Waals surface area contributed by atoms with Crippen LogP contribution in [0.1, 0.15) is 22.8 Å². The Bertz CT molecular complexity index is 592. The third kappa shape index (κ3) is 4.38. The average molecular weight is 324 g/mol. The maximum atomic E-state index is 11.7. The Hall–Kier alpha value is -1.70. The topological polar surface area (TPSA) is 78.4 Å². The molecule has 1 unspecified atom stereocenters. The van der Waals surface area contributed by atoms with Crippen molar-refractivity contribution in [1.29, 1.82) is 0 Å². The van der Waals surface area contributed by atoms with E-state index < -0.39 is 5.60 Å². The molecule has 2 aromatic heterocycles. The van der Waals surface area contributed by atoms with Crippen LogP contribution >= 0.6 is 22.7 Å². The van der Waals surface area contributed by atoms with E-state index in [1.54, 1.807) is 23.8 Å². The van der Waals surface area contributed by atoms with E-state index in [2.05, 4.69) is 10.6 Å². The molecule has 0 aromatic carbocycles. The summed E-state index contributed by atoms with van der Waals surface area (Å²) in [4.78, 5) is 23.4. The number of amides is 2. The molecule has 0 aliphatic heterocycles. The zero-order chi connectivity index (χ0) is 15.3. The minimum absolute atomic E-state index is 0.0941. The molecule has 0 aliphatic carbocycles. The number of hydrogen-bond donors (Lipinski definition) is 3. The Morgan fingerprint density at radius 1 is 1.19 bits per heavy atom. The van der Waals surface area contributed by atoms with E-state index in [4.69, 9.17) is 0 Å². The molecule has 2 amide bonds. The van der Waals surface area contributed by atoms with Gasteiger partial charge < -0.3 is 15.7 Å². The summed E-state index contributed by atoms with van der Waals surface area (Å²) in [7, 11) is 0.